The lowest BCUT2D eigenvalue weighted by atomic mass is 10.1. The average molecular weight is 264 g/mol. The van der Waals surface area contributed by atoms with Gasteiger partial charge in [-0.3, -0.25) is 9.89 Å². The Labute approximate surface area is 110 Å². The number of H-pyrrole nitrogens is 1. The smallest absolute Gasteiger partial charge is 0.248 e. The number of carbonyl (C=O) groups excluding carboxylic acids is 1. The molecule has 0 aliphatic heterocycles. The van der Waals surface area contributed by atoms with Crippen molar-refractivity contribution in [3.63, 3.8) is 0 Å². The van der Waals surface area contributed by atoms with Gasteiger partial charge in [0, 0.05) is 5.56 Å². The van der Waals surface area contributed by atoms with Gasteiger partial charge in [-0.1, -0.05) is 37.3 Å². The van der Waals surface area contributed by atoms with Crippen LogP contribution in [-0.2, 0) is 11.2 Å². The van der Waals surface area contributed by atoms with Gasteiger partial charge in [-0.2, -0.15) is 5.10 Å². The fourth-order valence-corrected chi connectivity index (χ4v) is 1.85. The number of amides is 1. The molecule has 0 aliphatic carbocycles. The van der Waals surface area contributed by atoms with Gasteiger partial charge in [-0.25, -0.2) is 0 Å². The maximum Gasteiger partial charge on any atom is 0.248 e. The van der Waals surface area contributed by atoms with Crippen LogP contribution >= 0.6 is 11.6 Å². The van der Waals surface area contributed by atoms with Gasteiger partial charge in [0.05, 0.1) is 6.20 Å². The van der Waals surface area contributed by atoms with Gasteiger partial charge < -0.3 is 5.32 Å². The number of anilines is 1. The number of alkyl halides is 1. The van der Waals surface area contributed by atoms with Crippen molar-refractivity contribution in [3.8, 4) is 0 Å². The molecule has 5 heteroatoms. The van der Waals surface area contributed by atoms with Gasteiger partial charge in [0.25, 0.3) is 0 Å². The van der Waals surface area contributed by atoms with Crippen molar-refractivity contribution >= 4 is 23.3 Å². The standard InChI is InChI=1S/C13H14ClN3O/c1-2-9-8-15-17-12(9)16-13(18)11(14)10-6-4-3-5-7-10/h3-8,11H,2H2,1H3,(H2,15,16,17,18). The number of aromatic amines is 1. The second kappa shape index (κ2) is 5.69. The Hall–Kier alpha value is -1.81. The number of nitrogens with zero attached hydrogens (tertiary/aromatic N) is 1. The largest absolute Gasteiger partial charge is 0.309 e. The molecule has 2 aromatic rings. The van der Waals surface area contributed by atoms with Crippen LogP contribution in [0.2, 0.25) is 0 Å². The normalized spacial score (nSPS) is 12.1. The third kappa shape index (κ3) is 2.71. The highest BCUT2D eigenvalue weighted by molar-refractivity contribution is 6.32. The topological polar surface area (TPSA) is 57.8 Å². The molecular weight excluding hydrogens is 250 g/mol. The highest BCUT2D eigenvalue weighted by atomic mass is 35.5. The lowest BCUT2D eigenvalue weighted by Gasteiger charge is -2.10. The highest BCUT2D eigenvalue weighted by Gasteiger charge is 2.18. The number of hydrogen-bond acceptors (Lipinski definition) is 2. The Morgan fingerprint density at radius 2 is 2.17 bits per heavy atom. The second-order valence-electron chi connectivity index (χ2n) is 3.89. The fourth-order valence-electron chi connectivity index (χ4n) is 1.65. The molecule has 4 nitrogen and oxygen atoms in total. The molecule has 18 heavy (non-hydrogen) atoms. The third-order valence-electron chi connectivity index (χ3n) is 2.67. The van der Waals surface area contributed by atoms with E-state index < -0.39 is 5.38 Å². The van der Waals surface area contributed by atoms with Crippen LogP contribution in [0.1, 0.15) is 23.4 Å². The minimum atomic E-state index is -0.709. The number of nitrogens with one attached hydrogen (secondary N) is 2. The summed E-state index contributed by atoms with van der Waals surface area (Å²) in [5.41, 5.74) is 1.73. The molecule has 0 saturated heterocycles. The number of aryl methyl sites for hydroxylation is 1. The van der Waals surface area contributed by atoms with Crippen LogP contribution in [0.4, 0.5) is 5.82 Å². The van der Waals surface area contributed by atoms with E-state index in [0.29, 0.717) is 5.82 Å². The van der Waals surface area contributed by atoms with E-state index in [1.165, 1.54) is 0 Å². The molecule has 0 saturated carbocycles. The van der Waals surface area contributed by atoms with Crippen molar-refractivity contribution in [2.75, 3.05) is 5.32 Å². The first-order chi connectivity index (χ1) is 8.72. The van der Waals surface area contributed by atoms with Crippen LogP contribution < -0.4 is 5.32 Å². The summed E-state index contributed by atoms with van der Waals surface area (Å²) >= 11 is 6.12. The number of aromatic nitrogens is 2. The van der Waals surface area contributed by atoms with Crippen molar-refractivity contribution in [2.24, 2.45) is 0 Å². The summed E-state index contributed by atoms with van der Waals surface area (Å²) in [5, 5.41) is 8.69. The van der Waals surface area contributed by atoms with E-state index in [1.807, 2.05) is 37.3 Å². The Morgan fingerprint density at radius 3 is 2.83 bits per heavy atom. The molecule has 1 amide bonds. The predicted octanol–water partition coefficient (Wildman–Crippen LogP) is 2.89. The monoisotopic (exact) mass is 263 g/mol. The van der Waals surface area contributed by atoms with E-state index in [0.717, 1.165) is 17.5 Å². The van der Waals surface area contributed by atoms with Crippen LogP contribution in [0.5, 0.6) is 0 Å². The highest BCUT2D eigenvalue weighted by Crippen LogP contribution is 2.22. The fraction of sp³-hybridized carbons (Fsp3) is 0.231. The lowest BCUT2D eigenvalue weighted by Crippen LogP contribution is -2.18. The van der Waals surface area contributed by atoms with Crippen LogP contribution in [0.15, 0.2) is 36.5 Å². The van der Waals surface area contributed by atoms with Gasteiger partial charge in [-0.15, -0.1) is 11.6 Å². The number of benzene rings is 1. The van der Waals surface area contributed by atoms with E-state index in [2.05, 4.69) is 15.5 Å². The Bertz CT molecular complexity index is 524. The van der Waals surface area contributed by atoms with Gasteiger partial charge in [0.1, 0.15) is 11.2 Å². The molecule has 2 rings (SSSR count). The quantitative estimate of drug-likeness (QED) is 0.834. The SMILES string of the molecule is CCc1cn[nH]c1NC(=O)C(Cl)c1ccccc1. The molecule has 0 spiro atoms. The van der Waals surface area contributed by atoms with Crippen LogP contribution in [0.3, 0.4) is 0 Å². The van der Waals surface area contributed by atoms with Crippen molar-refractivity contribution in [1.29, 1.82) is 0 Å². The molecule has 0 fully saturated rings. The molecule has 0 radical (unpaired) electrons. The number of halogens is 1. The Morgan fingerprint density at radius 1 is 1.44 bits per heavy atom. The van der Waals surface area contributed by atoms with Gasteiger partial charge in [-0.05, 0) is 12.0 Å². The summed E-state index contributed by atoms with van der Waals surface area (Å²) in [6.07, 6.45) is 2.49. The minimum Gasteiger partial charge on any atom is -0.309 e. The summed E-state index contributed by atoms with van der Waals surface area (Å²) in [5.74, 6) is 0.353. The molecule has 94 valence electrons. The van der Waals surface area contributed by atoms with Gasteiger partial charge >= 0.3 is 0 Å². The summed E-state index contributed by atoms with van der Waals surface area (Å²) in [6, 6.07) is 9.24. The van der Waals surface area contributed by atoms with Crippen molar-refractivity contribution in [3.05, 3.63) is 47.7 Å². The van der Waals surface area contributed by atoms with Gasteiger partial charge in [0.15, 0.2) is 0 Å². The zero-order chi connectivity index (χ0) is 13.0. The van der Waals surface area contributed by atoms with Crippen LogP contribution in [0.25, 0.3) is 0 Å². The van der Waals surface area contributed by atoms with E-state index in [1.54, 1.807) is 6.20 Å². The molecule has 1 aromatic heterocycles. The second-order valence-corrected chi connectivity index (χ2v) is 4.32. The third-order valence-corrected chi connectivity index (χ3v) is 3.12. The number of carbonyl (C=O) groups is 1. The summed E-state index contributed by atoms with van der Waals surface area (Å²) in [6.45, 7) is 2.00. The summed E-state index contributed by atoms with van der Waals surface area (Å²) in [4.78, 5) is 12.0. The molecule has 2 N–H and O–H groups in total. The van der Waals surface area contributed by atoms with Crippen LogP contribution in [0, 0.1) is 0 Å². The molecule has 1 atom stereocenters. The predicted molar refractivity (Wildman–Crippen MR) is 71.6 cm³/mol. The molecule has 1 aromatic carbocycles. The lowest BCUT2D eigenvalue weighted by molar-refractivity contribution is -0.116. The summed E-state index contributed by atoms with van der Waals surface area (Å²) < 4.78 is 0. The molecular formula is C13H14ClN3O. The first-order valence-corrected chi connectivity index (χ1v) is 6.18. The van der Waals surface area contributed by atoms with Gasteiger partial charge in [0.2, 0.25) is 5.91 Å². The average Bonchev–Trinajstić information content (AvgIpc) is 2.86. The molecule has 1 unspecified atom stereocenters. The Balaban J connectivity index is 2.09. The number of hydrogen-bond donors (Lipinski definition) is 2. The van der Waals surface area contributed by atoms with E-state index in [-0.39, 0.29) is 5.91 Å². The van der Waals surface area contributed by atoms with E-state index in [4.69, 9.17) is 11.6 Å². The maximum absolute atomic E-state index is 12.0. The maximum atomic E-state index is 12.0. The van der Waals surface area contributed by atoms with Crippen LogP contribution in [-0.4, -0.2) is 16.1 Å². The summed E-state index contributed by atoms with van der Waals surface area (Å²) in [7, 11) is 0. The number of rotatable bonds is 4. The van der Waals surface area contributed by atoms with E-state index >= 15 is 0 Å². The van der Waals surface area contributed by atoms with E-state index in [9.17, 15) is 4.79 Å². The van der Waals surface area contributed by atoms with Crippen molar-refractivity contribution < 1.29 is 4.79 Å². The Kier molecular flexibility index (Phi) is 3.99. The zero-order valence-electron chi connectivity index (χ0n) is 9.98. The van der Waals surface area contributed by atoms with Crippen molar-refractivity contribution in [2.45, 2.75) is 18.7 Å². The first-order valence-electron chi connectivity index (χ1n) is 5.74. The zero-order valence-corrected chi connectivity index (χ0v) is 10.7. The molecule has 0 aliphatic rings. The first kappa shape index (κ1) is 12.6. The molecule has 1 heterocycles. The minimum absolute atomic E-state index is 0.262. The van der Waals surface area contributed by atoms with Crippen molar-refractivity contribution in [1.82, 2.24) is 10.2 Å². The molecule has 0 bridgehead atoms.